The fourth-order valence-corrected chi connectivity index (χ4v) is 2.21. The van der Waals surface area contributed by atoms with E-state index in [0.717, 1.165) is 10.5 Å². The van der Waals surface area contributed by atoms with E-state index >= 15 is 0 Å². The van der Waals surface area contributed by atoms with Gasteiger partial charge in [-0.1, -0.05) is 12.1 Å². The van der Waals surface area contributed by atoms with Crippen molar-refractivity contribution >= 4 is 17.8 Å². The van der Waals surface area contributed by atoms with Gasteiger partial charge in [0.25, 0.3) is 5.91 Å². The average molecular weight is 275 g/mol. The van der Waals surface area contributed by atoms with Crippen LogP contribution in [0.2, 0.25) is 0 Å². The summed E-state index contributed by atoms with van der Waals surface area (Å²) in [5.74, 6) is -0.798. The second-order valence-electron chi connectivity index (χ2n) is 4.95. The fourth-order valence-electron chi connectivity index (χ4n) is 2.21. The zero-order valence-electron chi connectivity index (χ0n) is 11.5. The highest BCUT2D eigenvalue weighted by molar-refractivity contribution is 6.04. The summed E-state index contributed by atoms with van der Waals surface area (Å²) in [7, 11) is 2.85. The minimum absolute atomic E-state index is 0.362. The Kier molecular flexibility index (Phi) is 3.48. The minimum atomic E-state index is -0.637. The molecule has 6 heteroatoms. The number of rotatable bonds is 3. The number of hydrogen-bond acceptors (Lipinski definition) is 3. The molecular weight excluding hydrogens is 258 g/mol. The predicted octanol–water partition coefficient (Wildman–Crippen LogP) is 0.615. The smallest absolute Gasteiger partial charge is 0.323 e. The molecule has 1 aromatic carbocycles. The molecule has 106 valence electrons. The first-order valence-corrected chi connectivity index (χ1v) is 6.32. The van der Waals surface area contributed by atoms with Crippen molar-refractivity contribution < 1.29 is 14.4 Å². The van der Waals surface area contributed by atoms with Gasteiger partial charge in [0.05, 0.1) is 5.41 Å². The quantitative estimate of drug-likeness (QED) is 0.846. The highest BCUT2D eigenvalue weighted by atomic mass is 16.2. The number of nitrogens with one attached hydrogen (secondary N) is 1. The van der Waals surface area contributed by atoms with Crippen LogP contribution in [0.1, 0.15) is 28.8 Å². The molecule has 20 heavy (non-hydrogen) atoms. The first-order chi connectivity index (χ1) is 9.42. The van der Waals surface area contributed by atoms with Crippen LogP contribution in [0.4, 0.5) is 4.79 Å². The summed E-state index contributed by atoms with van der Waals surface area (Å²) in [4.78, 5) is 36.1. The van der Waals surface area contributed by atoms with Gasteiger partial charge < -0.3 is 11.1 Å². The summed E-state index contributed by atoms with van der Waals surface area (Å²) in [6, 6.07) is 6.25. The van der Waals surface area contributed by atoms with Crippen molar-refractivity contribution in [2.24, 2.45) is 5.73 Å². The van der Waals surface area contributed by atoms with Crippen LogP contribution in [-0.2, 0) is 10.2 Å². The summed E-state index contributed by atoms with van der Waals surface area (Å²) in [5.41, 5.74) is 5.88. The number of carbonyl (C=O) groups excluding carboxylic acids is 3. The second kappa shape index (κ2) is 4.96. The summed E-state index contributed by atoms with van der Waals surface area (Å²) in [5, 5.41) is 2.38. The van der Waals surface area contributed by atoms with Crippen LogP contribution in [0, 0.1) is 0 Å². The zero-order valence-corrected chi connectivity index (χ0v) is 11.5. The topological polar surface area (TPSA) is 92.5 Å². The molecule has 0 bridgehead atoms. The number of imide groups is 1. The third-order valence-corrected chi connectivity index (χ3v) is 3.71. The average Bonchev–Trinajstić information content (AvgIpc) is 3.26. The Hall–Kier alpha value is -2.37. The van der Waals surface area contributed by atoms with E-state index < -0.39 is 17.4 Å². The maximum atomic E-state index is 12.2. The van der Waals surface area contributed by atoms with E-state index in [1.54, 1.807) is 24.3 Å². The molecule has 0 atom stereocenters. The Bertz CT molecular complexity index is 579. The van der Waals surface area contributed by atoms with E-state index in [-0.39, 0.29) is 5.91 Å². The van der Waals surface area contributed by atoms with Crippen molar-refractivity contribution in [3.05, 3.63) is 35.4 Å². The van der Waals surface area contributed by atoms with Crippen LogP contribution < -0.4 is 11.1 Å². The second-order valence-corrected chi connectivity index (χ2v) is 4.95. The first-order valence-electron chi connectivity index (χ1n) is 6.32. The molecular formula is C14H17N3O3. The summed E-state index contributed by atoms with van der Waals surface area (Å²) < 4.78 is 0. The standard InChI is InChI=1S/C14H17N3O3/c1-16-13(20)17(2)11(18)9-4-3-5-10(8-9)14(6-7-14)12(15)19/h3-5,8H,6-7H2,1-2H3,(H2,15,19)(H,16,20). The van der Waals surface area contributed by atoms with E-state index in [9.17, 15) is 14.4 Å². The van der Waals surface area contributed by atoms with Gasteiger partial charge in [0.2, 0.25) is 5.91 Å². The van der Waals surface area contributed by atoms with Crippen LogP contribution >= 0.6 is 0 Å². The lowest BCUT2D eigenvalue weighted by Crippen LogP contribution is -2.39. The van der Waals surface area contributed by atoms with Crippen molar-refractivity contribution in [3.8, 4) is 0 Å². The summed E-state index contributed by atoms with van der Waals surface area (Å²) >= 11 is 0. The highest BCUT2D eigenvalue weighted by Crippen LogP contribution is 2.48. The van der Waals surface area contributed by atoms with E-state index in [0.29, 0.717) is 18.4 Å². The third-order valence-electron chi connectivity index (χ3n) is 3.71. The van der Waals surface area contributed by atoms with Crippen molar-refractivity contribution in [2.45, 2.75) is 18.3 Å². The Balaban J connectivity index is 2.29. The van der Waals surface area contributed by atoms with Crippen LogP contribution in [0.5, 0.6) is 0 Å². The van der Waals surface area contributed by atoms with Gasteiger partial charge in [-0.2, -0.15) is 0 Å². The molecule has 0 aromatic heterocycles. The summed E-state index contributed by atoms with van der Waals surface area (Å²) in [6.07, 6.45) is 1.40. The third kappa shape index (κ3) is 2.24. The maximum absolute atomic E-state index is 12.2. The molecule has 1 aliphatic carbocycles. The Morgan fingerprint density at radius 2 is 1.95 bits per heavy atom. The lowest BCUT2D eigenvalue weighted by atomic mass is 9.93. The van der Waals surface area contributed by atoms with Crippen molar-refractivity contribution in [3.63, 3.8) is 0 Å². The van der Waals surface area contributed by atoms with Gasteiger partial charge in [0.1, 0.15) is 0 Å². The monoisotopic (exact) mass is 275 g/mol. The number of primary amides is 1. The Labute approximate surface area is 116 Å². The molecule has 1 saturated carbocycles. The van der Waals surface area contributed by atoms with E-state index in [1.165, 1.54) is 14.1 Å². The molecule has 0 spiro atoms. The Morgan fingerprint density at radius 3 is 2.45 bits per heavy atom. The van der Waals surface area contributed by atoms with E-state index in [1.807, 2.05) is 0 Å². The fraction of sp³-hybridized carbons (Fsp3) is 0.357. The largest absolute Gasteiger partial charge is 0.369 e. The molecule has 4 amide bonds. The van der Waals surface area contributed by atoms with Gasteiger partial charge >= 0.3 is 6.03 Å². The molecule has 0 saturated heterocycles. The van der Waals surface area contributed by atoms with Gasteiger partial charge in [0, 0.05) is 19.7 Å². The predicted molar refractivity (Wildman–Crippen MR) is 73.1 cm³/mol. The SMILES string of the molecule is CNC(=O)N(C)C(=O)c1cccc(C2(C(N)=O)CC2)c1. The van der Waals surface area contributed by atoms with Gasteiger partial charge in [-0.15, -0.1) is 0 Å². The van der Waals surface area contributed by atoms with Gasteiger partial charge in [0.15, 0.2) is 0 Å². The van der Waals surface area contributed by atoms with E-state index in [4.69, 9.17) is 5.73 Å². The number of nitrogens with two attached hydrogens (primary N) is 1. The van der Waals surface area contributed by atoms with E-state index in [2.05, 4.69) is 5.32 Å². The molecule has 0 aliphatic heterocycles. The van der Waals surface area contributed by atoms with Gasteiger partial charge in [-0.05, 0) is 30.5 Å². The number of carbonyl (C=O) groups is 3. The summed E-state index contributed by atoms with van der Waals surface area (Å²) in [6.45, 7) is 0. The maximum Gasteiger partial charge on any atom is 0.323 e. The minimum Gasteiger partial charge on any atom is -0.369 e. The van der Waals surface area contributed by atoms with Crippen molar-refractivity contribution in [2.75, 3.05) is 14.1 Å². The van der Waals surface area contributed by atoms with Crippen LogP contribution in [0.15, 0.2) is 24.3 Å². The normalized spacial score (nSPS) is 15.3. The van der Waals surface area contributed by atoms with Crippen LogP contribution in [0.3, 0.4) is 0 Å². The molecule has 0 radical (unpaired) electrons. The van der Waals surface area contributed by atoms with Crippen molar-refractivity contribution in [1.29, 1.82) is 0 Å². The highest BCUT2D eigenvalue weighted by Gasteiger charge is 2.50. The molecule has 1 aromatic rings. The van der Waals surface area contributed by atoms with Crippen LogP contribution in [0.25, 0.3) is 0 Å². The van der Waals surface area contributed by atoms with Gasteiger partial charge in [-0.25, -0.2) is 4.79 Å². The lowest BCUT2D eigenvalue weighted by Gasteiger charge is -2.16. The molecule has 0 heterocycles. The van der Waals surface area contributed by atoms with Gasteiger partial charge in [-0.3, -0.25) is 14.5 Å². The molecule has 1 fully saturated rings. The van der Waals surface area contributed by atoms with Crippen molar-refractivity contribution in [1.82, 2.24) is 10.2 Å². The zero-order chi connectivity index (χ0) is 14.9. The Morgan fingerprint density at radius 1 is 1.30 bits per heavy atom. The number of hydrogen-bond donors (Lipinski definition) is 2. The molecule has 3 N–H and O–H groups in total. The molecule has 6 nitrogen and oxygen atoms in total. The number of urea groups is 1. The van der Waals surface area contributed by atoms with Crippen LogP contribution in [-0.4, -0.2) is 36.8 Å². The number of benzene rings is 1. The molecule has 1 aliphatic rings. The lowest BCUT2D eigenvalue weighted by molar-refractivity contribution is -0.120. The number of nitrogens with zero attached hydrogens (tertiary/aromatic N) is 1. The number of amides is 4. The molecule has 0 unspecified atom stereocenters. The molecule has 2 rings (SSSR count). The first kappa shape index (κ1) is 14.0.